The van der Waals surface area contributed by atoms with Crippen molar-refractivity contribution in [1.29, 1.82) is 0 Å². The molecule has 1 atom stereocenters. The van der Waals surface area contributed by atoms with Gasteiger partial charge in [0.05, 0.1) is 4.47 Å². The molecule has 0 aliphatic carbocycles. The first-order valence-corrected chi connectivity index (χ1v) is 6.25. The number of nitrogens with one attached hydrogen (secondary N) is 1. The first kappa shape index (κ1) is 12.6. The van der Waals surface area contributed by atoms with Crippen molar-refractivity contribution < 1.29 is 0 Å². The van der Waals surface area contributed by atoms with Crippen molar-refractivity contribution in [1.82, 2.24) is 15.3 Å². The Morgan fingerprint density at radius 3 is 2.53 bits per heavy atom. The number of aromatic nitrogens is 2. The zero-order valence-electron chi connectivity index (χ0n) is 9.33. The van der Waals surface area contributed by atoms with Gasteiger partial charge < -0.3 is 5.32 Å². The second kappa shape index (κ2) is 6.90. The van der Waals surface area contributed by atoms with Crippen LogP contribution in [0.15, 0.2) is 16.9 Å². The molecule has 1 rings (SSSR count). The maximum Gasteiger partial charge on any atom is 0.129 e. The lowest BCUT2D eigenvalue weighted by molar-refractivity contribution is 0.485. The van der Waals surface area contributed by atoms with Crippen LogP contribution in [-0.2, 0) is 6.42 Å². The van der Waals surface area contributed by atoms with Gasteiger partial charge in [-0.15, -0.1) is 0 Å². The summed E-state index contributed by atoms with van der Waals surface area (Å²) in [6.45, 7) is 5.43. The van der Waals surface area contributed by atoms with Crippen LogP contribution < -0.4 is 5.32 Å². The molecule has 0 saturated heterocycles. The van der Waals surface area contributed by atoms with E-state index in [1.807, 2.05) is 0 Å². The molecule has 0 saturated carbocycles. The van der Waals surface area contributed by atoms with Gasteiger partial charge in [-0.25, -0.2) is 9.97 Å². The van der Waals surface area contributed by atoms with E-state index in [1.54, 1.807) is 12.4 Å². The fourth-order valence-corrected chi connectivity index (χ4v) is 1.58. The Kier molecular flexibility index (Phi) is 5.79. The summed E-state index contributed by atoms with van der Waals surface area (Å²) >= 11 is 3.33. The van der Waals surface area contributed by atoms with Crippen molar-refractivity contribution in [2.24, 2.45) is 0 Å². The summed E-state index contributed by atoms with van der Waals surface area (Å²) in [5.41, 5.74) is 0. The Morgan fingerprint density at radius 1 is 1.33 bits per heavy atom. The summed E-state index contributed by atoms with van der Waals surface area (Å²) in [4.78, 5) is 8.55. The predicted molar refractivity (Wildman–Crippen MR) is 65.8 cm³/mol. The van der Waals surface area contributed by atoms with Crippen molar-refractivity contribution in [3.05, 3.63) is 22.7 Å². The third-order valence-electron chi connectivity index (χ3n) is 2.28. The molecule has 0 radical (unpaired) electrons. The van der Waals surface area contributed by atoms with E-state index in [0.29, 0.717) is 6.04 Å². The van der Waals surface area contributed by atoms with Crippen LogP contribution in [0.2, 0.25) is 0 Å². The van der Waals surface area contributed by atoms with E-state index in [4.69, 9.17) is 0 Å². The quantitative estimate of drug-likeness (QED) is 0.864. The number of rotatable bonds is 6. The first-order valence-electron chi connectivity index (χ1n) is 5.46. The summed E-state index contributed by atoms with van der Waals surface area (Å²) < 4.78 is 0.931. The molecule has 1 aromatic heterocycles. The summed E-state index contributed by atoms with van der Waals surface area (Å²) in [6.07, 6.45) is 6.78. The molecule has 4 heteroatoms. The minimum absolute atomic E-state index is 0.492. The molecule has 1 heterocycles. The van der Waals surface area contributed by atoms with Gasteiger partial charge in [-0.2, -0.15) is 0 Å². The summed E-state index contributed by atoms with van der Waals surface area (Å²) in [6, 6.07) is 0.492. The van der Waals surface area contributed by atoms with Gasteiger partial charge in [0.1, 0.15) is 5.82 Å². The van der Waals surface area contributed by atoms with Crippen LogP contribution in [0.3, 0.4) is 0 Å². The molecule has 1 aromatic rings. The van der Waals surface area contributed by atoms with Gasteiger partial charge in [-0.05, 0) is 35.3 Å². The van der Waals surface area contributed by atoms with Crippen LogP contribution in [0.1, 0.15) is 32.5 Å². The zero-order chi connectivity index (χ0) is 11.1. The topological polar surface area (TPSA) is 37.8 Å². The zero-order valence-corrected chi connectivity index (χ0v) is 10.9. The van der Waals surface area contributed by atoms with Crippen LogP contribution in [0.4, 0.5) is 0 Å². The molecule has 0 aromatic carbocycles. The van der Waals surface area contributed by atoms with E-state index in [0.717, 1.165) is 36.1 Å². The third-order valence-corrected chi connectivity index (χ3v) is 2.69. The third kappa shape index (κ3) is 4.71. The molecule has 15 heavy (non-hydrogen) atoms. The van der Waals surface area contributed by atoms with Crippen molar-refractivity contribution in [2.45, 2.75) is 39.2 Å². The Morgan fingerprint density at radius 2 is 2.00 bits per heavy atom. The van der Waals surface area contributed by atoms with E-state index < -0.39 is 0 Å². The molecule has 0 aliphatic rings. The molecule has 0 bridgehead atoms. The molecule has 1 N–H and O–H groups in total. The Hall–Kier alpha value is -0.480. The van der Waals surface area contributed by atoms with Crippen molar-refractivity contribution in [3.63, 3.8) is 0 Å². The summed E-state index contributed by atoms with van der Waals surface area (Å²) in [5, 5.41) is 3.49. The molecule has 1 unspecified atom stereocenters. The van der Waals surface area contributed by atoms with Gasteiger partial charge in [-0.1, -0.05) is 13.8 Å². The van der Waals surface area contributed by atoms with Gasteiger partial charge >= 0.3 is 0 Å². The second-order valence-electron chi connectivity index (χ2n) is 3.58. The summed E-state index contributed by atoms with van der Waals surface area (Å²) in [7, 11) is 0. The van der Waals surface area contributed by atoms with Crippen LogP contribution in [0, 0.1) is 0 Å². The lowest BCUT2D eigenvalue weighted by Crippen LogP contribution is -2.31. The summed E-state index contributed by atoms with van der Waals surface area (Å²) in [5.74, 6) is 0.911. The maximum absolute atomic E-state index is 4.28. The maximum atomic E-state index is 4.28. The average Bonchev–Trinajstić information content (AvgIpc) is 2.27. The minimum atomic E-state index is 0.492. The molecule has 0 aliphatic heterocycles. The fraction of sp³-hybridized carbons (Fsp3) is 0.636. The number of hydrogen-bond acceptors (Lipinski definition) is 3. The minimum Gasteiger partial charge on any atom is -0.314 e. The standard InChI is InChI=1S/C11H18BrN3/c1-3-5-13-10(4-2)6-11-14-7-9(12)8-15-11/h7-8,10,13H,3-6H2,1-2H3. The van der Waals surface area contributed by atoms with E-state index >= 15 is 0 Å². The highest BCUT2D eigenvalue weighted by Crippen LogP contribution is 2.06. The Labute approximate surface area is 99.8 Å². The number of nitrogens with zero attached hydrogens (tertiary/aromatic N) is 2. The normalized spacial score (nSPS) is 12.7. The highest BCUT2D eigenvalue weighted by Gasteiger charge is 2.07. The molecular formula is C11H18BrN3. The molecule has 84 valence electrons. The second-order valence-corrected chi connectivity index (χ2v) is 4.50. The molecule has 0 fully saturated rings. The number of halogens is 1. The van der Waals surface area contributed by atoms with Crippen molar-refractivity contribution >= 4 is 15.9 Å². The average molecular weight is 272 g/mol. The lowest BCUT2D eigenvalue weighted by atomic mass is 10.1. The largest absolute Gasteiger partial charge is 0.314 e. The van der Waals surface area contributed by atoms with Crippen molar-refractivity contribution in [2.75, 3.05) is 6.54 Å². The highest BCUT2D eigenvalue weighted by atomic mass is 79.9. The van der Waals surface area contributed by atoms with Crippen molar-refractivity contribution in [3.8, 4) is 0 Å². The smallest absolute Gasteiger partial charge is 0.129 e. The SMILES string of the molecule is CCCNC(CC)Cc1ncc(Br)cn1. The Bertz CT molecular complexity index is 274. The van der Waals surface area contributed by atoms with Gasteiger partial charge in [0.2, 0.25) is 0 Å². The van der Waals surface area contributed by atoms with Crippen LogP contribution in [-0.4, -0.2) is 22.6 Å². The van der Waals surface area contributed by atoms with Gasteiger partial charge in [0.25, 0.3) is 0 Å². The lowest BCUT2D eigenvalue weighted by Gasteiger charge is -2.15. The van der Waals surface area contributed by atoms with E-state index in [2.05, 4.69) is 45.1 Å². The monoisotopic (exact) mass is 271 g/mol. The van der Waals surface area contributed by atoms with Gasteiger partial charge in [-0.3, -0.25) is 0 Å². The number of hydrogen-bond donors (Lipinski definition) is 1. The van der Waals surface area contributed by atoms with Crippen LogP contribution in [0.25, 0.3) is 0 Å². The van der Waals surface area contributed by atoms with E-state index in [9.17, 15) is 0 Å². The van der Waals surface area contributed by atoms with Gasteiger partial charge in [0, 0.05) is 24.9 Å². The van der Waals surface area contributed by atoms with Crippen LogP contribution >= 0.6 is 15.9 Å². The van der Waals surface area contributed by atoms with E-state index in [1.165, 1.54) is 0 Å². The van der Waals surface area contributed by atoms with Gasteiger partial charge in [0.15, 0.2) is 0 Å². The molecule has 0 amide bonds. The molecule has 0 spiro atoms. The van der Waals surface area contributed by atoms with E-state index in [-0.39, 0.29) is 0 Å². The Balaban J connectivity index is 2.47. The molecular weight excluding hydrogens is 254 g/mol. The first-order chi connectivity index (χ1) is 7.26. The highest BCUT2D eigenvalue weighted by molar-refractivity contribution is 9.10. The predicted octanol–water partition coefficient (Wildman–Crippen LogP) is 2.56. The fourth-order valence-electron chi connectivity index (χ4n) is 1.37. The molecule has 3 nitrogen and oxygen atoms in total. The van der Waals surface area contributed by atoms with Crippen LogP contribution in [0.5, 0.6) is 0 Å².